The zero-order valence-corrected chi connectivity index (χ0v) is 22.2. The van der Waals surface area contributed by atoms with Crippen LogP contribution < -0.4 is 5.32 Å². The molecule has 8 nitrogen and oxygen atoms in total. The number of amides is 3. The van der Waals surface area contributed by atoms with E-state index in [2.05, 4.69) is 31.1 Å². The Labute approximate surface area is 218 Å². The second kappa shape index (κ2) is 10.4. The predicted molar refractivity (Wildman–Crippen MR) is 140 cm³/mol. The van der Waals surface area contributed by atoms with E-state index in [9.17, 15) is 19.2 Å². The van der Waals surface area contributed by atoms with E-state index in [0.717, 1.165) is 5.56 Å². The summed E-state index contributed by atoms with van der Waals surface area (Å²) in [7, 11) is 0. The number of nitrogens with one attached hydrogen (secondary N) is 1. The van der Waals surface area contributed by atoms with Crippen molar-refractivity contribution in [3.8, 4) is 0 Å². The van der Waals surface area contributed by atoms with Crippen LogP contribution in [-0.4, -0.2) is 69.5 Å². The Bertz CT molecular complexity index is 1170. The minimum Gasteiger partial charge on any atom is -0.340 e. The van der Waals surface area contributed by atoms with Gasteiger partial charge in [0.1, 0.15) is 17.8 Å². The van der Waals surface area contributed by atoms with Crippen molar-refractivity contribution in [2.75, 3.05) is 13.1 Å². The maximum absolute atomic E-state index is 13.7. The molecule has 1 aromatic heterocycles. The maximum Gasteiger partial charge on any atom is 0.273 e. The molecule has 1 aromatic carbocycles. The first-order valence-electron chi connectivity index (χ1n) is 12.9. The molecule has 2 aliphatic rings. The van der Waals surface area contributed by atoms with E-state index in [0.29, 0.717) is 24.9 Å². The molecular weight excluding hydrogens is 468 g/mol. The van der Waals surface area contributed by atoms with Crippen LogP contribution in [0.4, 0.5) is 0 Å². The Hall–Kier alpha value is -3.55. The molecule has 0 saturated carbocycles. The Balaban J connectivity index is 1.50. The second-order valence-electron chi connectivity index (χ2n) is 11.4. The van der Waals surface area contributed by atoms with Crippen molar-refractivity contribution >= 4 is 23.5 Å². The van der Waals surface area contributed by atoms with Crippen LogP contribution in [0.5, 0.6) is 0 Å². The molecule has 4 rings (SSSR count). The van der Waals surface area contributed by atoms with Crippen molar-refractivity contribution in [1.29, 1.82) is 0 Å². The fourth-order valence-electron chi connectivity index (χ4n) is 5.23. The number of rotatable bonds is 6. The summed E-state index contributed by atoms with van der Waals surface area (Å²) in [6.07, 6.45) is 2.50. The van der Waals surface area contributed by atoms with Crippen molar-refractivity contribution < 1.29 is 19.2 Å². The standard InChI is InChI=1S/C29H36N4O4/c1-18(2)16-22(31-26(35)19-9-11-20(12-10-19)29(3,4)5)28(37)32-15-13-23-25(32)24(34)17-33(23)27(36)21-8-6-7-14-30-21/h6-12,14,18,22-23,25H,13,15-17H2,1-5H3,(H,31,35)/t22-,23?,25?/m0/s1. The summed E-state index contributed by atoms with van der Waals surface area (Å²) in [5, 5.41) is 2.92. The first-order chi connectivity index (χ1) is 17.5. The van der Waals surface area contributed by atoms with Crippen LogP contribution in [0.3, 0.4) is 0 Å². The molecule has 196 valence electrons. The highest BCUT2D eigenvalue weighted by Crippen LogP contribution is 2.31. The van der Waals surface area contributed by atoms with Gasteiger partial charge in [0, 0.05) is 18.3 Å². The van der Waals surface area contributed by atoms with Crippen molar-refractivity contribution in [3.63, 3.8) is 0 Å². The average Bonchev–Trinajstić information content (AvgIpc) is 3.44. The van der Waals surface area contributed by atoms with Crippen LogP contribution in [0.2, 0.25) is 0 Å². The van der Waals surface area contributed by atoms with Crippen LogP contribution >= 0.6 is 0 Å². The summed E-state index contributed by atoms with van der Waals surface area (Å²) in [6, 6.07) is 10.7. The summed E-state index contributed by atoms with van der Waals surface area (Å²) >= 11 is 0. The van der Waals surface area contributed by atoms with E-state index in [4.69, 9.17) is 0 Å². The SMILES string of the molecule is CC(C)C[C@H](NC(=O)c1ccc(C(C)(C)C)cc1)C(=O)N1CCC2C1C(=O)CN2C(=O)c1ccccn1. The highest BCUT2D eigenvalue weighted by Gasteiger charge is 2.52. The van der Waals surface area contributed by atoms with Crippen molar-refractivity contribution in [2.45, 2.75) is 71.0 Å². The first-order valence-corrected chi connectivity index (χ1v) is 12.9. The van der Waals surface area contributed by atoms with Gasteiger partial charge in [-0.05, 0) is 54.0 Å². The summed E-state index contributed by atoms with van der Waals surface area (Å²) < 4.78 is 0. The summed E-state index contributed by atoms with van der Waals surface area (Å²) in [6.45, 7) is 10.6. The fraction of sp³-hybridized carbons (Fsp3) is 0.483. The highest BCUT2D eigenvalue weighted by molar-refractivity contribution is 6.03. The van der Waals surface area contributed by atoms with Gasteiger partial charge in [0.15, 0.2) is 5.78 Å². The van der Waals surface area contributed by atoms with Gasteiger partial charge in [0.05, 0.1) is 12.6 Å². The van der Waals surface area contributed by atoms with Gasteiger partial charge < -0.3 is 15.1 Å². The number of carbonyl (C=O) groups excluding carboxylic acids is 4. The molecule has 3 atom stereocenters. The highest BCUT2D eigenvalue weighted by atomic mass is 16.2. The minimum absolute atomic E-state index is 0.0307. The number of hydrogen-bond acceptors (Lipinski definition) is 5. The number of hydrogen-bond donors (Lipinski definition) is 1. The normalized spacial score (nSPS) is 20.2. The maximum atomic E-state index is 13.7. The number of nitrogens with zero attached hydrogens (tertiary/aromatic N) is 3. The average molecular weight is 505 g/mol. The zero-order valence-electron chi connectivity index (χ0n) is 22.2. The van der Waals surface area contributed by atoms with Gasteiger partial charge in [0.2, 0.25) is 5.91 Å². The van der Waals surface area contributed by atoms with Crippen molar-refractivity contribution in [2.24, 2.45) is 5.92 Å². The largest absolute Gasteiger partial charge is 0.340 e. The third-order valence-electron chi connectivity index (χ3n) is 7.17. The Morgan fingerprint density at radius 3 is 2.35 bits per heavy atom. The molecule has 2 fully saturated rings. The number of aromatic nitrogens is 1. The molecule has 0 bridgehead atoms. The van der Waals surface area contributed by atoms with Gasteiger partial charge in [-0.3, -0.25) is 24.2 Å². The van der Waals surface area contributed by atoms with E-state index < -0.39 is 12.1 Å². The lowest BCUT2D eigenvalue weighted by atomic mass is 9.86. The monoisotopic (exact) mass is 504 g/mol. The van der Waals surface area contributed by atoms with Gasteiger partial charge in [-0.2, -0.15) is 0 Å². The zero-order chi connectivity index (χ0) is 26.9. The van der Waals surface area contributed by atoms with Gasteiger partial charge in [-0.25, -0.2) is 0 Å². The van der Waals surface area contributed by atoms with E-state index in [-0.39, 0.29) is 53.1 Å². The lowest BCUT2D eigenvalue weighted by Gasteiger charge is -2.29. The minimum atomic E-state index is -0.762. The summed E-state index contributed by atoms with van der Waals surface area (Å²) in [5.74, 6) is -0.910. The first kappa shape index (κ1) is 26.5. The van der Waals surface area contributed by atoms with Crippen LogP contribution in [0.1, 0.15) is 73.9 Å². The second-order valence-corrected chi connectivity index (χ2v) is 11.4. The molecule has 0 radical (unpaired) electrons. The van der Waals surface area contributed by atoms with Gasteiger partial charge in [0.25, 0.3) is 11.8 Å². The van der Waals surface area contributed by atoms with Crippen LogP contribution in [-0.2, 0) is 15.0 Å². The molecular formula is C29H36N4O4. The quantitative estimate of drug-likeness (QED) is 0.651. The molecule has 37 heavy (non-hydrogen) atoms. The van der Waals surface area contributed by atoms with Crippen LogP contribution in [0.15, 0.2) is 48.7 Å². The molecule has 0 spiro atoms. The number of pyridine rings is 1. The molecule has 2 saturated heterocycles. The van der Waals surface area contributed by atoms with E-state index in [1.54, 1.807) is 41.4 Å². The summed E-state index contributed by atoms with van der Waals surface area (Å²) in [5.41, 5.74) is 1.85. The van der Waals surface area contributed by atoms with Gasteiger partial charge in [-0.15, -0.1) is 0 Å². The fourth-order valence-corrected chi connectivity index (χ4v) is 5.23. The van der Waals surface area contributed by atoms with Crippen molar-refractivity contribution in [3.05, 3.63) is 65.5 Å². The molecule has 3 heterocycles. The molecule has 2 aliphatic heterocycles. The number of fused-ring (bicyclic) bond motifs is 1. The topological polar surface area (TPSA) is 99.7 Å². The third-order valence-corrected chi connectivity index (χ3v) is 7.17. The predicted octanol–water partition coefficient (Wildman–Crippen LogP) is 3.22. The molecule has 2 aromatic rings. The summed E-state index contributed by atoms with van der Waals surface area (Å²) in [4.78, 5) is 60.1. The molecule has 0 aliphatic carbocycles. The van der Waals surface area contributed by atoms with E-state index >= 15 is 0 Å². The molecule has 2 unspecified atom stereocenters. The van der Waals surface area contributed by atoms with E-state index in [1.165, 1.54) is 4.90 Å². The lowest BCUT2D eigenvalue weighted by molar-refractivity contribution is -0.138. The van der Waals surface area contributed by atoms with Crippen LogP contribution in [0.25, 0.3) is 0 Å². The van der Waals surface area contributed by atoms with Crippen molar-refractivity contribution in [1.82, 2.24) is 20.1 Å². The van der Waals surface area contributed by atoms with Crippen LogP contribution in [0, 0.1) is 5.92 Å². The number of Topliss-reactive ketones (excluding diaryl/α,β-unsaturated/α-hetero) is 1. The Morgan fingerprint density at radius 1 is 1.05 bits per heavy atom. The Kier molecular flexibility index (Phi) is 7.48. The Morgan fingerprint density at radius 2 is 1.76 bits per heavy atom. The van der Waals surface area contributed by atoms with Gasteiger partial charge >= 0.3 is 0 Å². The molecule has 8 heteroatoms. The van der Waals surface area contributed by atoms with E-state index in [1.807, 2.05) is 26.0 Å². The third kappa shape index (κ3) is 5.58. The number of ketones is 1. The number of likely N-dealkylation sites (tertiary alicyclic amines) is 2. The number of benzene rings is 1. The molecule has 3 amide bonds. The lowest BCUT2D eigenvalue weighted by Crippen LogP contribution is -2.53. The molecule has 1 N–H and O–H groups in total. The number of carbonyl (C=O) groups is 4. The van der Waals surface area contributed by atoms with Gasteiger partial charge in [-0.1, -0.05) is 52.8 Å². The smallest absolute Gasteiger partial charge is 0.273 e.